The van der Waals surface area contributed by atoms with Crippen molar-refractivity contribution >= 4 is 39.9 Å². The number of alkyl halides is 3. The number of hydrogen-bond acceptors (Lipinski definition) is 6. The van der Waals surface area contributed by atoms with Gasteiger partial charge in [0.2, 0.25) is 5.78 Å². The van der Waals surface area contributed by atoms with E-state index in [-0.39, 0.29) is 17.0 Å². The Morgan fingerprint density at radius 3 is 2.45 bits per heavy atom. The average molecular weight is 544 g/mol. The highest BCUT2D eigenvalue weighted by Crippen LogP contribution is 2.43. The number of halogens is 4. The second-order valence-electron chi connectivity index (χ2n) is 8.28. The van der Waals surface area contributed by atoms with E-state index in [0.717, 1.165) is 17.0 Å². The van der Waals surface area contributed by atoms with Crippen LogP contribution in [0.5, 0.6) is 11.5 Å². The van der Waals surface area contributed by atoms with Crippen LogP contribution in [0.3, 0.4) is 0 Å². The van der Waals surface area contributed by atoms with Crippen LogP contribution in [-0.2, 0) is 4.79 Å². The van der Waals surface area contributed by atoms with Crippen molar-refractivity contribution < 1.29 is 41.8 Å². The third kappa shape index (κ3) is 4.66. The molecule has 7 nitrogen and oxygen atoms in total. The molecule has 0 spiro atoms. The number of nitrogens with zero attached hydrogens (tertiary/aromatic N) is 1. The van der Waals surface area contributed by atoms with E-state index >= 15 is 0 Å². The second-order valence-corrected chi connectivity index (χ2v) is 8.72. The fourth-order valence-corrected chi connectivity index (χ4v) is 4.47. The van der Waals surface area contributed by atoms with Crippen LogP contribution in [-0.4, -0.2) is 30.3 Å². The summed E-state index contributed by atoms with van der Waals surface area (Å²) in [7, 11) is 1.46. The van der Waals surface area contributed by atoms with Gasteiger partial charge >= 0.3 is 6.36 Å². The predicted molar refractivity (Wildman–Crippen MR) is 132 cm³/mol. The number of fused-ring (bicyclic) bond motifs is 1. The number of methoxy groups -OCH3 is 1. The molecule has 5 rings (SSSR count). The number of aliphatic hydroxyl groups is 1. The SMILES string of the molecule is COc1ccc(C2C(C(=O)c3cc4cc(Cl)ccc4o3)=C(O)C(=O)N2c2cccc(OC(F)(F)F)c2)cc1. The largest absolute Gasteiger partial charge is 0.573 e. The summed E-state index contributed by atoms with van der Waals surface area (Å²) in [6.45, 7) is 0. The summed E-state index contributed by atoms with van der Waals surface area (Å²) in [5.74, 6) is -2.89. The van der Waals surface area contributed by atoms with E-state index in [2.05, 4.69) is 4.74 Å². The number of Topliss-reactive ketones (excluding diaryl/α,β-unsaturated/α-hetero) is 1. The van der Waals surface area contributed by atoms with Crippen LogP contribution < -0.4 is 14.4 Å². The smallest absolute Gasteiger partial charge is 0.503 e. The summed E-state index contributed by atoms with van der Waals surface area (Å²) in [4.78, 5) is 28.0. The molecule has 194 valence electrons. The highest BCUT2D eigenvalue weighted by atomic mass is 35.5. The van der Waals surface area contributed by atoms with E-state index in [1.807, 2.05) is 0 Å². The number of furan rings is 1. The number of hydrogen-bond donors (Lipinski definition) is 1. The second kappa shape index (κ2) is 9.46. The van der Waals surface area contributed by atoms with Crippen molar-refractivity contribution in [3.63, 3.8) is 0 Å². The Kier molecular flexibility index (Phi) is 6.28. The van der Waals surface area contributed by atoms with Crippen LogP contribution in [0.1, 0.15) is 22.2 Å². The molecular formula is C27H17ClF3NO6. The zero-order valence-corrected chi connectivity index (χ0v) is 20.2. The average Bonchev–Trinajstić information content (AvgIpc) is 3.41. The van der Waals surface area contributed by atoms with Crippen molar-refractivity contribution in [2.75, 3.05) is 12.0 Å². The normalized spacial score (nSPS) is 15.9. The molecule has 2 heterocycles. The number of amides is 1. The number of anilines is 1. The van der Waals surface area contributed by atoms with Crippen LogP contribution in [0.25, 0.3) is 11.0 Å². The fourth-order valence-electron chi connectivity index (χ4n) is 4.29. The van der Waals surface area contributed by atoms with Gasteiger partial charge in [0.25, 0.3) is 5.91 Å². The van der Waals surface area contributed by atoms with E-state index in [1.54, 1.807) is 42.5 Å². The molecule has 0 saturated carbocycles. The first-order valence-corrected chi connectivity index (χ1v) is 11.4. The summed E-state index contributed by atoms with van der Waals surface area (Å²) in [5.41, 5.74) is 0.389. The van der Waals surface area contributed by atoms with Crippen molar-refractivity contribution in [3.8, 4) is 11.5 Å². The zero-order chi connectivity index (χ0) is 27.2. The van der Waals surface area contributed by atoms with Gasteiger partial charge in [0.05, 0.1) is 18.7 Å². The van der Waals surface area contributed by atoms with Gasteiger partial charge in [-0.15, -0.1) is 13.2 Å². The molecule has 0 fully saturated rings. The monoisotopic (exact) mass is 543 g/mol. The van der Waals surface area contributed by atoms with Gasteiger partial charge in [-0.2, -0.15) is 0 Å². The van der Waals surface area contributed by atoms with Crippen molar-refractivity contribution in [2.24, 2.45) is 0 Å². The molecule has 0 bridgehead atoms. The topological polar surface area (TPSA) is 89.2 Å². The number of carbonyl (C=O) groups is 2. The number of ketones is 1. The maximum absolute atomic E-state index is 13.7. The molecule has 0 radical (unpaired) electrons. The number of benzene rings is 3. The minimum absolute atomic E-state index is 0.0386. The maximum Gasteiger partial charge on any atom is 0.573 e. The molecule has 1 amide bonds. The van der Waals surface area contributed by atoms with Gasteiger partial charge in [-0.25, -0.2) is 0 Å². The first kappa shape index (κ1) is 25.2. The summed E-state index contributed by atoms with van der Waals surface area (Å²) < 4.78 is 53.4. The zero-order valence-electron chi connectivity index (χ0n) is 19.5. The third-order valence-corrected chi connectivity index (χ3v) is 6.15. The summed E-state index contributed by atoms with van der Waals surface area (Å²) >= 11 is 6.03. The van der Waals surface area contributed by atoms with Gasteiger partial charge in [-0.05, 0) is 54.1 Å². The first-order chi connectivity index (χ1) is 18.1. The first-order valence-electron chi connectivity index (χ1n) is 11.1. The van der Waals surface area contributed by atoms with Gasteiger partial charge in [-0.1, -0.05) is 29.8 Å². The number of ether oxygens (including phenoxy) is 2. The number of aliphatic hydroxyl groups excluding tert-OH is 1. The molecule has 1 aromatic heterocycles. The molecule has 1 atom stereocenters. The molecule has 0 saturated heterocycles. The highest BCUT2D eigenvalue weighted by molar-refractivity contribution is 6.31. The predicted octanol–water partition coefficient (Wildman–Crippen LogP) is 6.78. The minimum atomic E-state index is -4.96. The summed E-state index contributed by atoms with van der Waals surface area (Å²) in [5, 5.41) is 11.8. The Morgan fingerprint density at radius 1 is 1.03 bits per heavy atom. The lowest BCUT2D eigenvalue weighted by Crippen LogP contribution is -2.31. The fraction of sp³-hybridized carbons (Fsp3) is 0.111. The van der Waals surface area contributed by atoms with Crippen LogP contribution in [0.2, 0.25) is 5.02 Å². The van der Waals surface area contributed by atoms with Gasteiger partial charge in [0, 0.05) is 22.2 Å². The van der Waals surface area contributed by atoms with Crippen molar-refractivity contribution in [1.29, 1.82) is 0 Å². The minimum Gasteiger partial charge on any atom is -0.503 e. The Balaban J connectivity index is 1.63. The highest BCUT2D eigenvalue weighted by Gasteiger charge is 2.45. The van der Waals surface area contributed by atoms with Crippen LogP contribution >= 0.6 is 11.6 Å². The van der Waals surface area contributed by atoms with Crippen molar-refractivity contribution in [1.82, 2.24) is 0 Å². The van der Waals surface area contributed by atoms with Gasteiger partial charge in [0.1, 0.15) is 17.1 Å². The van der Waals surface area contributed by atoms with E-state index < -0.39 is 35.6 Å². The third-order valence-electron chi connectivity index (χ3n) is 5.92. The summed E-state index contributed by atoms with van der Waals surface area (Å²) in [6.07, 6.45) is -4.96. The summed E-state index contributed by atoms with van der Waals surface area (Å²) in [6, 6.07) is 16.0. The standard InChI is InChI=1S/C27H17ClF3NO6/c1-36-18-8-5-14(6-9-18)23-22(24(33)21-12-15-11-16(28)7-10-20(15)37-21)25(34)26(35)32(23)17-3-2-4-19(13-17)38-27(29,30)31/h2-13,23,34H,1H3. The van der Waals surface area contributed by atoms with Crippen molar-refractivity contribution in [3.05, 3.63) is 100 Å². The van der Waals surface area contributed by atoms with E-state index in [0.29, 0.717) is 27.3 Å². The van der Waals surface area contributed by atoms with E-state index in [9.17, 15) is 27.9 Å². The van der Waals surface area contributed by atoms with Crippen LogP contribution in [0.4, 0.5) is 18.9 Å². The van der Waals surface area contributed by atoms with Gasteiger partial charge < -0.3 is 19.0 Å². The molecule has 1 unspecified atom stereocenters. The lowest BCUT2D eigenvalue weighted by molar-refractivity contribution is -0.274. The van der Waals surface area contributed by atoms with E-state index in [1.165, 1.54) is 25.3 Å². The molecule has 4 aromatic rings. The molecule has 11 heteroatoms. The van der Waals surface area contributed by atoms with Gasteiger partial charge in [-0.3, -0.25) is 14.5 Å². The maximum atomic E-state index is 13.7. The van der Waals surface area contributed by atoms with Crippen LogP contribution in [0.15, 0.2) is 88.5 Å². The Hall–Kier alpha value is -4.44. The molecule has 1 aliphatic heterocycles. The van der Waals surface area contributed by atoms with E-state index in [4.69, 9.17) is 20.8 Å². The molecule has 38 heavy (non-hydrogen) atoms. The lowest BCUT2D eigenvalue weighted by Gasteiger charge is -2.27. The Bertz CT molecular complexity index is 1590. The number of rotatable bonds is 6. The molecular weight excluding hydrogens is 527 g/mol. The lowest BCUT2D eigenvalue weighted by atomic mass is 9.94. The van der Waals surface area contributed by atoms with Gasteiger partial charge in [0.15, 0.2) is 11.5 Å². The molecule has 0 aliphatic carbocycles. The van der Waals surface area contributed by atoms with Crippen molar-refractivity contribution in [2.45, 2.75) is 12.4 Å². The Labute approximate surface area is 218 Å². The quantitative estimate of drug-likeness (QED) is 0.270. The Morgan fingerprint density at radius 2 is 1.76 bits per heavy atom. The molecule has 3 aromatic carbocycles. The number of carbonyl (C=O) groups excluding carboxylic acids is 2. The molecule has 1 N–H and O–H groups in total. The van der Waals surface area contributed by atoms with Crippen LogP contribution in [0, 0.1) is 0 Å². The molecule has 1 aliphatic rings.